The Morgan fingerprint density at radius 3 is 2.69 bits per heavy atom. The topological polar surface area (TPSA) is 71.3 Å². The molecule has 0 saturated carbocycles. The van der Waals surface area contributed by atoms with Crippen LogP contribution in [-0.2, 0) is 17.8 Å². The number of hydrogen-bond donors (Lipinski definition) is 2. The molecule has 0 aliphatic heterocycles. The summed E-state index contributed by atoms with van der Waals surface area (Å²) in [5.74, 6) is -1.08. The van der Waals surface area contributed by atoms with Crippen LogP contribution in [0.5, 0.6) is 0 Å². The molecule has 0 saturated heterocycles. The standard InChI is InChI=1S/C11H16N2O3/c1-3-4-9-8(11(15)16)5-6-13(9)7-10(14)12-2/h5-6H,3-4,7H2,1-2H3,(H,12,14)(H,15,16). The van der Waals surface area contributed by atoms with Gasteiger partial charge in [-0.3, -0.25) is 4.79 Å². The van der Waals surface area contributed by atoms with Gasteiger partial charge in [-0.15, -0.1) is 0 Å². The molecule has 1 aromatic rings. The number of carbonyl (C=O) groups is 2. The average Bonchev–Trinajstić information content (AvgIpc) is 2.62. The Balaban J connectivity index is 2.99. The van der Waals surface area contributed by atoms with Crippen molar-refractivity contribution in [2.75, 3.05) is 7.05 Å². The van der Waals surface area contributed by atoms with E-state index < -0.39 is 5.97 Å². The Hall–Kier alpha value is -1.78. The summed E-state index contributed by atoms with van der Waals surface area (Å²) in [6.07, 6.45) is 3.15. The predicted molar refractivity (Wildman–Crippen MR) is 59.5 cm³/mol. The zero-order valence-electron chi connectivity index (χ0n) is 9.49. The van der Waals surface area contributed by atoms with Gasteiger partial charge in [-0.25, -0.2) is 4.79 Å². The summed E-state index contributed by atoms with van der Waals surface area (Å²) in [6, 6.07) is 1.54. The molecule has 1 heterocycles. The monoisotopic (exact) mass is 224 g/mol. The quantitative estimate of drug-likeness (QED) is 0.780. The van der Waals surface area contributed by atoms with Crippen molar-refractivity contribution >= 4 is 11.9 Å². The molecule has 0 radical (unpaired) electrons. The Kier molecular flexibility index (Phi) is 4.10. The third-order valence-electron chi connectivity index (χ3n) is 2.39. The van der Waals surface area contributed by atoms with Gasteiger partial charge in [0.25, 0.3) is 0 Å². The van der Waals surface area contributed by atoms with Crippen LogP contribution in [-0.4, -0.2) is 28.6 Å². The minimum Gasteiger partial charge on any atom is -0.478 e. The molecule has 1 aromatic heterocycles. The number of carbonyl (C=O) groups excluding carboxylic acids is 1. The summed E-state index contributed by atoms with van der Waals surface area (Å²) >= 11 is 0. The maximum Gasteiger partial charge on any atom is 0.337 e. The predicted octanol–water partition coefficient (Wildman–Crippen LogP) is 0.885. The molecule has 0 atom stereocenters. The normalized spacial score (nSPS) is 10.1. The number of hydrogen-bond acceptors (Lipinski definition) is 2. The first-order valence-electron chi connectivity index (χ1n) is 5.22. The summed E-state index contributed by atoms with van der Waals surface area (Å²) in [7, 11) is 1.56. The SMILES string of the molecule is CCCc1c(C(=O)O)ccn1CC(=O)NC. The van der Waals surface area contributed by atoms with E-state index in [1.54, 1.807) is 17.8 Å². The van der Waals surface area contributed by atoms with Gasteiger partial charge >= 0.3 is 5.97 Å². The minimum atomic E-state index is -0.945. The van der Waals surface area contributed by atoms with Gasteiger partial charge in [0, 0.05) is 18.9 Å². The zero-order chi connectivity index (χ0) is 12.1. The largest absolute Gasteiger partial charge is 0.478 e. The van der Waals surface area contributed by atoms with Gasteiger partial charge in [0.05, 0.1) is 5.56 Å². The first-order chi connectivity index (χ1) is 7.60. The molecule has 0 aliphatic rings. The van der Waals surface area contributed by atoms with E-state index in [0.29, 0.717) is 12.1 Å². The Morgan fingerprint density at radius 1 is 1.50 bits per heavy atom. The van der Waals surface area contributed by atoms with Gasteiger partial charge in [0.1, 0.15) is 6.54 Å². The van der Waals surface area contributed by atoms with Gasteiger partial charge < -0.3 is 15.0 Å². The maximum atomic E-state index is 11.2. The fraction of sp³-hybridized carbons (Fsp3) is 0.455. The number of nitrogens with zero attached hydrogens (tertiary/aromatic N) is 1. The van der Waals surface area contributed by atoms with Crippen LogP contribution in [0.1, 0.15) is 29.4 Å². The van der Waals surface area contributed by atoms with Crippen molar-refractivity contribution < 1.29 is 14.7 Å². The molecular weight excluding hydrogens is 208 g/mol. The molecule has 88 valence electrons. The van der Waals surface area contributed by atoms with E-state index in [9.17, 15) is 9.59 Å². The van der Waals surface area contributed by atoms with E-state index >= 15 is 0 Å². The summed E-state index contributed by atoms with van der Waals surface area (Å²) in [5, 5.41) is 11.5. The second kappa shape index (κ2) is 5.34. The lowest BCUT2D eigenvalue weighted by Gasteiger charge is -2.08. The third kappa shape index (κ3) is 2.62. The van der Waals surface area contributed by atoms with Crippen LogP contribution < -0.4 is 5.32 Å². The van der Waals surface area contributed by atoms with Crippen molar-refractivity contribution in [1.82, 2.24) is 9.88 Å². The Morgan fingerprint density at radius 2 is 2.19 bits per heavy atom. The highest BCUT2D eigenvalue weighted by Gasteiger charge is 2.15. The molecule has 1 rings (SSSR count). The van der Waals surface area contributed by atoms with Crippen molar-refractivity contribution in [3.63, 3.8) is 0 Å². The van der Waals surface area contributed by atoms with Crippen LogP contribution in [0.15, 0.2) is 12.3 Å². The molecule has 0 aromatic carbocycles. The molecule has 0 spiro atoms. The number of rotatable bonds is 5. The molecular formula is C11H16N2O3. The highest BCUT2D eigenvalue weighted by atomic mass is 16.4. The number of aromatic carboxylic acids is 1. The molecule has 0 bridgehead atoms. The van der Waals surface area contributed by atoms with E-state index in [2.05, 4.69) is 5.32 Å². The second-order valence-corrected chi connectivity index (χ2v) is 3.53. The van der Waals surface area contributed by atoms with Gasteiger partial charge in [0.2, 0.25) is 5.91 Å². The number of carboxylic acids is 1. The minimum absolute atomic E-state index is 0.134. The Bertz CT molecular complexity index is 396. The molecule has 16 heavy (non-hydrogen) atoms. The molecule has 0 fully saturated rings. The lowest BCUT2D eigenvalue weighted by Crippen LogP contribution is -2.24. The zero-order valence-corrected chi connectivity index (χ0v) is 9.49. The highest BCUT2D eigenvalue weighted by Crippen LogP contribution is 2.13. The number of likely N-dealkylation sites (N-methyl/N-ethyl adjacent to an activating group) is 1. The summed E-state index contributed by atoms with van der Waals surface area (Å²) in [6.45, 7) is 2.14. The number of aromatic nitrogens is 1. The summed E-state index contributed by atoms with van der Waals surface area (Å²) < 4.78 is 1.69. The van der Waals surface area contributed by atoms with Crippen molar-refractivity contribution in [3.8, 4) is 0 Å². The van der Waals surface area contributed by atoms with Crippen LogP contribution in [0.4, 0.5) is 0 Å². The smallest absolute Gasteiger partial charge is 0.337 e. The average molecular weight is 224 g/mol. The third-order valence-corrected chi connectivity index (χ3v) is 2.39. The molecule has 5 nitrogen and oxygen atoms in total. The molecule has 0 aliphatic carbocycles. The molecule has 0 unspecified atom stereocenters. The van der Waals surface area contributed by atoms with Crippen molar-refractivity contribution in [2.45, 2.75) is 26.3 Å². The lowest BCUT2D eigenvalue weighted by atomic mass is 10.1. The number of amides is 1. The molecule has 5 heteroatoms. The van der Waals surface area contributed by atoms with Gasteiger partial charge in [-0.05, 0) is 12.5 Å². The molecule has 2 N–H and O–H groups in total. The summed E-state index contributed by atoms with van der Waals surface area (Å²) in [5.41, 5.74) is 0.990. The van der Waals surface area contributed by atoms with Gasteiger partial charge in [-0.2, -0.15) is 0 Å². The fourth-order valence-electron chi connectivity index (χ4n) is 1.60. The Labute approximate surface area is 94.1 Å². The van der Waals surface area contributed by atoms with E-state index in [1.807, 2.05) is 6.92 Å². The van der Waals surface area contributed by atoms with Crippen LogP contribution >= 0.6 is 0 Å². The van der Waals surface area contributed by atoms with Crippen LogP contribution in [0.3, 0.4) is 0 Å². The van der Waals surface area contributed by atoms with E-state index in [0.717, 1.165) is 6.42 Å². The number of carboxylic acid groups (broad SMARTS) is 1. The van der Waals surface area contributed by atoms with Crippen molar-refractivity contribution in [2.24, 2.45) is 0 Å². The van der Waals surface area contributed by atoms with E-state index in [4.69, 9.17) is 5.11 Å². The first kappa shape index (κ1) is 12.3. The van der Waals surface area contributed by atoms with Crippen molar-refractivity contribution in [1.29, 1.82) is 0 Å². The highest BCUT2D eigenvalue weighted by molar-refractivity contribution is 5.89. The van der Waals surface area contributed by atoms with Crippen LogP contribution in [0, 0.1) is 0 Å². The first-order valence-corrected chi connectivity index (χ1v) is 5.22. The summed E-state index contributed by atoms with van der Waals surface area (Å²) in [4.78, 5) is 22.2. The molecule has 1 amide bonds. The van der Waals surface area contributed by atoms with Crippen molar-refractivity contribution in [3.05, 3.63) is 23.5 Å². The number of nitrogens with one attached hydrogen (secondary N) is 1. The fourth-order valence-corrected chi connectivity index (χ4v) is 1.60. The second-order valence-electron chi connectivity index (χ2n) is 3.53. The van der Waals surface area contributed by atoms with Gasteiger partial charge in [0.15, 0.2) is 0 Å². The van der Waals surface area contributed by atoms with E-state index in [-0.39, 0.29) is 18.0 Å². The van der Waals surface area contributed by atoms with E-state index in [1.165, 1.54) is 6.07 Å². The van der Waals surface area contributed by atoms with Gasteiger partial charge in [-0.1, -0.05) is 13.3 Å². The lowest BCUT2D eigenvalue weighted by molar-refractivity contribution is -0.121. The van der Waals surface area contributed by atoms with Crippen LogP contribution in [0.25, 0.3) is 0 Å². The maximum absolute atomic E-state index is 11.2. The van der Waals surface area contributed by atoms with Crippen LogP contribution in [0.2, 0.25) is 0 Å².